The molecule has 0 spiro atoms. The van der Waals surface area contributed by atoms with Gasteiger partial charge in [0.25, 0.3) is 5.91 Å². The van der Waals surface area contributed by atoms with Gasteiger partial charge in [0.05, 0.1) is 18.7 Å². The number of hydrogen-bond acceptors (Lipinski definition) is 3. The first-order valence-electron chi connectivity index (χ1n) is 7.86. The van der Waals surface area contributed by atoms with Crippen molar-refractivity contribution < 1.29 is 9.53 Å². The molecular weight excluding hydrogens is 302 g/mol. The van der Waals surface area contributed by atoms with E-state index in [1.54, 1.807) is 18.3 Å². The molecule has 2 aromatic carbocycles. The maximum atomic E-state index is 12.4. The summed E-state index contributed by atoms with van der Waals surface area (Å²) in [6.45, 7) is 3.12. The second-order valence-corrected chi connectivity index (χ2v) is 5.28. The lowest BCUT2D eigenvalue weighted by Gasteiger charge is -2.11. The molecule has 5 heteroatoms. The van der Waals surface area contributed by atoms with Crippen molar-refractivity contribution in [1.82, 2.24) is 9.78 Å². The number of amides is 1. The molecule has 5 nitrogen and oxygen atoms in total. The summed E-state index contributed by atoms with van der Waals surface area (Å²) in [5, 5.41) is 7.08. The van der Waals surface area contributed by atoms with Crippen molar-refractivity contribution in [3.05, 3.63) is 78.1 Å². The first kappa shape index (κ1) is 15.8. The van der Waals surface area contributed by atoms with Crippen LogP contribution in [-0.4, -0.2) is 22.3 Å². The van der Waals surface area contributed by atoms with Crippen molar-refractivity contribution in [3.8, 4) is 5.75 Å². The van der Waals surface area contributed by atoms with E-state index in [0.29, 0.717) is 24.5 Å². The second kappa shape index (κ2) is 7.46. The highest BCUT2D eigenvalue weighted by Gasteiger charge is 2.12. The van der Waals surface area contributed by atoms with Crippen molar-refractivity contribution in [1.29, 1.82) is 0 Å². The smallest absolute Gasteiger partial charge is 0.259 e. The summed E-state index contributed by atoms with van der Waals surface area (Å²) in [5.74, 6) is 0.409. The van der Waals surface area contributed by atoms with Gasteiger partial charge in [-0.2, -0.15) is 5.10 Å². The van der Waals surface area contributed by atoms with Crippen LogP contribution in [0.2, 0.25) is 0 Å². The Morgan fingerprint density at radius 1 is 1.12 bits per heavy atom. The largest absolute Gasteiger partial charge is 0.493 e. The fraction of sp³-hybridized carbons (Fsp3) is 0.158. The van der Waals surface area contributed by atoms with E-state index in [9.17, 15) is 4.79 Å². The highest BCUT2D eigenvalue weighted by Crippen LogP contribution is 2.20. The Balaban J connectivity index is 1.68. The summed E-state index contributed by atoms with van der Waals surface area (Å²) >= 11 is 0. The Labute approximate surface area is 140 Å². The van der Waals surface area contributed by atoms with Crippen LogP contribution < -0.4 is 10.1 Å². The first-order chi connectivity index (χ1) is 11.8. The van der Waals surface area contributed by atoms with E-state index >= 15 is 0 Å². The fourth-order valence-electron chi connectivity index (χ4n) is 2.41. The van der Waals surface area contributed by atoms with Crippen molar-refractivity contribution in [2.45, 2.75) is 13.5 Å². The Bertz CT molecular complexity index is 796. The number of nitrogens with zero attached hydrogens (tertiary/aromatic N) is 2. The molecule has 0 fully saturated rings. The lowest BCUT2D eigenvalue weighted by molar-refractivity contribution is 0.102. The Morgan fingerprint density at radius 2 is 1.92 bits per heavy atom. The molecule has 0 saturated carbocycles. The number of para-hydroxylation sites is 1. The SMILES string of the molecule is CCOc1ccccc1C(=O)Nc1ccc(Cn2cccn2)cc1. The van der Waals surface area contributed by atoms with Crippen molar-refractivity contribution in [3.63, 3.8) is 0 Å². The molecule has 0 saturated heterocycles. The number of carbonyl (C=O) groups is 1. The highest BCUT2D eigenvalue weighted by atomic mass is 16.5. The van der Waals surface area contributed by atoms with E-state index in [4.69, 9.17) is 4.74 Å². The molecule has 1 heterocycles. The number of aromatic nitrogens is 2. The van der Waals surface area contributed by atoms with E-state index in [1.807, 2.05) is 60.3 Å². The molecule has 3 rings (SSSR count). The standard InChI is InChI=1S/C19H19N3O2/c1-2-24-18-7-4-3-6-17(18)19(23)21-16-10-8-15(9-11-16)14-22-13-5-12-20-22/h3-13H,2,14H2,1H3,(H,21,23). The van der Waals surface area contributed by atoms with Gasteiger partial charge >= 0.3 is 0 Å². The lowest BCUT2D eigenvalue weighted by atomic mass is 10.1. The Kier molecular flexibility index (Phi) is 4.91. The minimum Gasteiger partial charge on any atom is -0.493 e. The van der Waals surface area contributed by atoms with Crippen LogP contribution in [0.1, 0.15) is 22.8 Å². The molecule has 1 N–H and O–H groups in total. The van der Waals surface area contributed by atoms with E-state index in [0.717, 1.165) is 11.3 Å². The third-order valence-corrected chi connectivity index (χ3v) is 3.55. The number of benzene rings is 2. The van der Waals surface area contributed by atoms with Crippen LogP contribution in [0.5, 0.6) is 5.75 Å². The van der Waals surface area contributed by atoms with E-state index in [-0.39, 0.29) is 5.91 Å². The zero-order chi connectivity index (χ0) is 16.8. The average Bonchev–Trinajstić information content (AvgIpc) is 3.10. The molecule has 0 aliphatic rings. The number of carbonyl (C=O) groups excluding carboxylic acids is 1. The summed E-state index contributed by atoms with van der Waals surface area (Å²) in [6, 6.07) is 16.9. The summed E-state index contributed by atoms with van der Waals surface area (Å²) in [6.07, 6.45) is 3.67. The van der Waals surface area contributed by atoms with Crippen LogP contribution in [0.4, 0.5) is 5.69 Å². The monoisotopic (exact) mass is 321 g/mol. The lowest BCUT2D eigenvalue weighted by Crippen LogP contribution is -2.13. The predicted octanol–water partition coefficient (Wildman–Crippen LogP) is 3.58. The minimum atomic E-state index is -0.182. The molecule has 3 aromatic rings. The zero-order valence-electron chi connectivity index (χ0n) is 13.5. The summed E-state index contributed by atoms with van der Waals surface area (Å²) in [5.41, 5.74) is 2.39. The molecule has 0 aliphatic carbocycles. The molecule has 1 amide bonds. The minimum absolute atomic E-state index is 0.182. The van der Waals surface area contributed by atoms with E-state index in [2.05, 4.69) is 10.4 Å². The van der Waals surface area contributed by atoms with Crippen LogP contribution in [-0.2, 0) is 6.54 Å². The number of hydrogen-bond donors (Lipinski definition) is 1. The molecular formula is C19H19N3O2. The van der Waals surface area contributed by atoms with Crippen LogP contribution in [0.3, 0.4) is 0 Å². The molecule has 0 bridgehead atoms. The average molecular weight is 321 g/mol. The summed E-state index contributed by atoms with van der Waals surface area (Å²) in [4.78, 5) is 12.4. The van der Waals surface area contributed by atoms with Gasteiger partial charge in [-0.15, -0.1) is 0 Å². The van der Waals surface area contributed by atoms with Crippen LogP contribution >= 0.6 is 0 Å². The summed E-state index contributed by atoms with van der Waals surface area (Å²) in [7, 11) is 0. The third-order valence-electron chi connectivity index (χ3n) is 3.55. The van der Waals surface area contributed by atoms with Crippen molar-refractivity contribution in [2.24, 2.45) is 0 Å². The molecule has 0 radical (unpaired) electrons. The first-order valence-corrected chi connectivity index (χ1v) is 7.86. The molecule has 1 aromatic heterocycles. The number of anilines is 1. The molecule has 122 valence electrons. The van der Waals surface area contributed by atoms with E-state index < -0.39 is 0 Å². The van der Waals surface area contributed by atoms with Gasteiger partial charge in [-0.05, 0) is 42.8 Å². The van der Waals surface area contributed by atoms with Gasteiger partial charge in [0.1, 0.15) is 5.75 Å². The molecule has 0 unspecified atom stereocenters. The topological polar surface area (TPSA) is 56.1 Å². The second-order valence-electron chi connectivity index (χ2n) is 5.28. The molecule has 0 aliphatic heterocycles. The zero-order valence-corrected chi connectivity index (χ0v) is 13.5. The van der Waals surface area contributed by atoms with Crippen molar-refractivity contribution >= 4 is 11.6 Å². The van der Waals surface area contributed by atoms with Gasteiger partial charge in [-0.1, -0.05) is 24.3 Å². The number of rotatable bonds is 6. The van der Waals surface area contributed by atoms with E-state index in [1.165, 1.54) is 0 Å². The maximum Gasteiger partial charge on any atom is 0.259 e. The predicted molar refractivity (Wildman–Crippen MR) is 93.3 cm³/mol. The van der Waals surface area contributed by atoms with Gasteiger partial charge in [0.15, 0.2) is 0 Å². The van der Waals surface area contributed by atoms with Crippen LogP contribution in [0.15, 0.2) is 67.0 Å². The normalized spacial score (nSPS) is 10.4. The van der Waals surface area contributed by atoms with Gasteiger partial charge in [-0.3, -0.25) is 9.48 Å². The Hall–Kier alpha value is -3.08. The number of nitrogens with one attached hydrogen (secondary N) is 1. The maximum absolute atomic E-state index is 12.4. The third kappa shape index (κ3) is 3.81. The van der Waals surface area contributed by atoms with Crippen LogP contribution in [0.25, 0.3) is 0 Å². The van der Waals surface area contributed by atoms with Crippen molar-refractivity contribution in [2.75, 3.05) is 11.9 Å². The van der Waals surface area contributed by atoms with Gasteiger partial charge in [-0.25, -0.2) is 0 Å². The van der Waals surface area contributed by atoms with Gasteiger partial charge in [0.2, 0.25) is 0 Å². The van der Waals surface area contributed by atoms with Crippen LogP contribution in [0, 0.1) is 0 Å². The Morgan fingerprint density at radius 3 is 2.62 bits per heavy atom. The van der Waals surface area contributed by atoms with Gasteiger partial charge < -0.3 is 10.1 Å². The quantitative estimate of drug-likeness (QED) is 0.755. The molecule has 0 atom stereocenters. The summed E-state index contributed by atoms with van der Waals surface area (Å²) < 4.78 is 7.36. The number of ether oxygens (including phenoxy) is 1. The fourth-order valence-corrected chi connectivity index (χ4v) is 2.41. The molecule has 24 heavy (non-hydrogen) atoms. The van der Waals surface area contributed by atoms with Gasteiger partial charge in [0, 0.05) is 18.1 Å². The highest BCUT2D eigenvalue weighted by molar-refractivity contribution is 6.06.